The molecule has 8 saturated carbocycles. The Hall–Kier alpha value is -1.06. The Bertz CT molecular complexity index is 1190. The molecule has 2 atom stereocenters. The lowest BCUT2D eigenvalue weighted by Gasteiger charge is -2.63. The molecule has 0 spiro atoms. The van der Waals surface area contributed by atoms with Gasteiger partial charge in [-0.1, -0.05) is 32.9 Å². The van der Waals surface area contributed by atoms with Gasteiger partial charge in [0.2, 0.25) is 8.32 Å². The van der Waals surface area contributed by atoms with Crippen molar-refractivity contribution in [3.8, 4) is 5.75 Å². The summed E-state index contributed by atoms with van der Waals surface area (Å²) in [4.78, 5) is 0. The van der Waals surface area contributed by atoms with Crippen LogP contribution in [0.4, 0.5) is 0 Å². The molecular weight excluding hydrogens is 492 g/mol. The first-order chi connectivity index (χ1) is 18.5. The van der Waals surface area contributed by atoms with E-state index in [2.05, 4.69) is 58.2 Å². The van der Waals surface area contributed by atoms with Crippen molar-refractivity contribution in [2.75, 3.05) is 0 Å². The number of ether oxygens (including phenoxy) is 1. The number of fused-ring (bicyclic) bond motifs is 5. The van der Waals surface area contributed by atoms with Gasteiger partial charge >= 0.3 is 0 Å². The summed E-state index contributed by atoms with van der Waals surface area (Å²) >= 11 is 0. The molecule has 39 heavy (non-hydrogen) atoms. The second-order valence-electron chi connectivity index (χ2n) is 17.8. The molecule has 0 N–H and O–H groups in total. The van der Waals surface area contributed by atoms with Crippen LogP contribution < -0.4 is 4.43 Å². The zero-order valence-corrected chi connectivity index (χ0v) is 26.2. The van der Waals surface area contributed by atoms with Crippen LogP contribution in [0.15, 0.2) is 24.3 Å². The van der Waals surface area contributed by atoms with E-state index in [4.69, 9.17) is 9.16 Å². The molecule has 0 saturated heterocycles. The Morgan fingerprint density at radius 2 is 1.28 bits per heavy atom. The fourth-order valence-electron chi connectivity index (χ4n) is 12.6. The van der Waals surface area contributed by atoms with Crippen LogP contribution in [0.2, 0.25) is 18.1 Å². The molecule has 8 aliphatic carbocycles. The van der Waals surface area contributed by atoms with Crippen LogP contribution in [-0.4, -0.2) is 8.32 Å². The van der Waals surface area contributed by atoms with Gasteiger partial charge in [-0.25, -0.2) is 0 Å². The minimum Gasteiger partial charge on any atom is -0.543 e. The lowest BCUT2D eigenvalue weighted by atomic mass is 9.43. The number of hydrogen-bond donors (Lipinski definition) is 0. The van der Waals surface area contributed by atoms with E-state index in [-0.39, 0.29) is 16.7 Å². The highest BCUT2D eigenvalue weighted by Gasteiger charge is 2.67. The molecule has 2 unspecified atom stereocenters. The summed E-state index contributed by atoms with van der Waals surface area (Å²) in [6.45, 7) is 12.0. The molecule has 8 fully saturated rings. The summed E-state index contributed by atoms with van der Waals surface area (Å²) < 4.78 is 14.7. The van der Waals surface area contributed by atoms with E-state index < -0.39 is 8.32 Å². The maximum atomic E-state index is 7.48. The van der Waals surface area contributed by atoms with Crippen molar-refractivity contribution < 1.29 is 9.16 Å². The summed E-state index contributed by atoms with van der Waals surface area (Å²) in [5.41, 5.74) is 5.30. The monoisotopic (exact) mass is 542 g/mol. The van der Waals surface area contributed by atoms with E-state index >= 15 is 0 Å². The van der Waals surface area contributed by atoms with Crippen molar-refractivity contribution in [3.05, 3.63) is 41.0 Å². The molecule has 2 heterocycles. The van der Waals surface area contributed by atoms with Gasteiger partial charge in [0.1, 0.15) is 17.5 Å². The van der Waals surface area contributed by atoms with E-state index in [0.29, 0.717) is 10.8 Å². The van der Waals surface area contributed by atoms with Crippen molar-refractivity contribution in [1.82, 2.24) is 0 Å². The average Bonchev–Trinajstić information content (AvgIpc) is 3.42. The van der Waals surface area contributed by atoms with Crippen LogP contribution in [0.5, 0.6) is 5.75 Å². The van der Waals surface area contributed by atoms with Crippen molar-refractivity contribution >= 4 is 8.32 Å². The maximum absolute atomic E-state index is 7.48. The summed E-state index contributed by atoms with van der Waals surface area (Å²) in [5, 5.41) is 0.185. The predicted molar refractivity (Wildman–Crippen MR) is 159 cm³/mol. The van der Waals surface area contributed by atoms with Gasteiger partial charge in [0.25, 0.3) is 0 Å². The molecule has 3 heteroatoms. The third-order valence-corrected chi connectivity index (χ3v) is 18.6. The molecule has 2 aliphatic heterocycles. The fourth-order valence-corrected chi connectivity index (χ4v) is 13.6. The first-order valence-electron chi connectivity index (χ1n) is 16.7. The van der Waals surface area contributed by atoms with E-state index in [9.17, 15) is 0 Å². The van der Waals surface area contributed by atoms with Crippen molar-refractivity contribution in [2.45, 2.75) is 133 Å². The van der Waals surface area contributed by atoms with Gasteiger partial charge in [-0.15, -0.1) is 0 Å². The molecular formula is C36H50O2Si. The lowest BCUT2D eigenvalue weighted by molar-refractivity contribution is -0.180. The first-order valence-corrected chi connectivity index (χ1v) is 19.6. The van der Waals surface area contributed by atoms with Crippen LogP contribution in [0.3, 0.4) is 0 Å². The summed E-state index contributed by atoms with van der Waals surface area (Å²) in [6, 6.07) is 5.03. The van der Waals surface area contributed by atoms with Crippen LogP contribution in [0.25, 0.3) is 0 Å². The van der Waals surface area contributed by atoms with Crippen molar-refractivity contribution in [3.63, 3.8) is 0 Å². The normalized spacial score (nSPS) is 48.3. The fraction of sp³-hybridized carbons (Fsp3) is 0.778. The second kappa shape index (κ2) is 7.47. The highest BCUT2D eigenvalue weighted by Crippen LogP contribution is 2.74. The predicted octanol–water partition coefficient (Wildman–Crippen LogP) is 9.59. The third kappa shape index (κ3) is 3.13. The molecule has 11 rings (SSSR count). The van der Waals surface area contributed by atoms with Crippen LogP contribution in [0.1, 0.15) is 121 Å². The van der Waals surface area contributed by atoms with Gasteiger partial charge in [0, 0.05) is 16.5 Å². The SMILES string of the molecule is CC(C)(C)[Si](C)(C)Oc1ccc(C23CC4CC(CC(C4)C2)C3)c2c1C1C=CC2(C23CC4CC(CC(C4)C2)C3)O1. The molecule has 10 bridgehead atoms. The second-order valence-corrected chi connectivity index (χ2v) is 22.5. The Labute approximate surface area is 237 Å². The molecule has 1 aromatic carbocycles. The molecule has 0 radical (unpaired) electrons. The van der Waals surface area contributed by atoms with E-state index in [1.807, 2.05) is 0 Å². The molecule has 2 nitrogen and oxygen atoms in total. The Morgan fingerprint density at radius 3 is 1.79 bits per heavy atom. The minimum absolute atomic E-state index is 0.0848. The Balaban J connectivity index is 1.25. The highest BCUT2D eigenvalue weighted by atomic mass is 28.4. The molecule has 210 valence electrons. The molecule has 10 aliphatic rings. The van der Waals surface area contributed by atoms with E-state index in [0.717, 1.165) is 35.5 Å². The quantitative estimate of drug-likeness (QED) is 0.278. The average molecular weight is 543 g/mol. The van der Waals surface area contributed by atoms with Gasteiger partial charge in [-0.3, -0.25) is 0 Å². The van der Waals surface area contributed by atoms with Crippen molar-refractivity contribution in [2.24, 2.45) is 40.9 Å². The Morgan fingerprint density at radius 1 is 0.769 bits per heavy atom. The van der Waals surface area contributed by atoms with Gasteiger partial charge in [0.05, 0.1) is 0 Å². The third-order valence-electron chi connectivity index (χ3n) is 14.3. The summed E-state index contributed by atoms with van der Waals surface area (Å²) in [5.74, 6) is 6.84. The number of rotatable bonds is 4. The summed E-state index contributed by atoms with van der Waals surface area (Å²) in [6.07, 6.45) is 22.6. The lowest BCUT2D eigenvalue weighted by Crippen LogP contribution is -2.56. The maximum Gasteiger partial charge on any atom is 0.250 e. The Kier molecular flexibility index (Phi) is 4.70. The van der Waals surface area contributed by atoms with E-state index in [1.54, 1.807) is 11.1 Å². The largest absolute Gasteiger partial charge is 0.543 e. The standard InChI is InChI=1S/C36H50O2Si/c1-33(2,3)39(4,5)38-30-7-6-28(34-16-22-10-23(17-34)12-24(11-22)18-34)32-31(30)29-8-9-36(32,37-29)35-19-25-13-26(20-35)15-27(14-25)21-35/h6-9,22-27,29H,10-21H2,1-5H3. The zero-order chi connectivity index (χ0) is 26.6. The smallest absolute Gasteiger partial charge is 0.250 e. The van der Waals surface area contributed by atoms with Gasteiger partial charge < -0.3 is 9.16 Å². The number of benzene rings is 1. The molecule has 1 aromatic rings. The van der Waals surface area contributed by atoms with Gasteiger partial charge in [0.15, 0.2) is 0 Å². The highest BCUT2D eigenvalue weighted by molar-refractivity contribution is 6.74. The summed E-state index contributed by atoms with van der Waals surface area (Å²) in [7, 11) is -1.98. The van der Waals surface area contributed by atoms with Crippen LogP contribution in [0, 0.1) is 40.9 Å². The topological polar surface area (TPSA) is 18.5 Å². The minimum atomic E-state index is -1.98. The van der Waals surface area contributed by atoms with E-state index in [1.165, 1.54) is 88.4 Å². The van der Waals surface area contributed by atoms with Crippen molar-refractivity contribution in [1.29, 1.82) is 0 Å². The number of hydrogen-bond acceptors (Lipinski definition) is 2. The van der Waals surface area contributed by atoms with Gasteiger partial charge in [-0.05, 0) is 154 Å². The molecule has 0 amide bonds. The first kappa shape index (κ1) is 24.5. The molecule has 0 aromatic heterocycles. The van der Waals surface area contributed by atoms with Crippen LogP contribution in [-0.2, 0) is 15.8 Å². The van der Waals surface area contributed by atoms with Gasteiger partial charge in [-0.2, -0.15) is 0 Å². The van der Waals surface area contributed by atoms with Crippen LogP contribution >= 0.6 is 0 Å². The zero-order valence-electron chi connectivity index (χ0n) is 25.2.